The Morgan fingerprint density at radius 1 is 1.11 bits per heavy atom. The second kappa shape index (κ2) is 10.3. The minimum absolute atomic E-state index is 0.239. The Bertz CT molecular complexity index is 1370. The molecule has 1 N–H and O–H groups in total. The van der Waals surface area contributed by atoms with Crippen LogP contribution in [0.5, 0.6) is 0 Å². The minimum atomic E-state index is -3.27. The first-order valence-corrected chi connectivity index (χ1v) is 14.0. The summed E-state index contributed by atoms with van der Waals surface area (Å²) in [6.45, 7) is 6.46. The molecule has 2 aliphatic rings. The fraction of sp³-hybridized carbons (Fsp3) is 0.393. The predicted molar refractivity (Wildman–Crippen MR) is 141 cm³/mol. The fourth-order valence-electron chi connectivity index (χ4n) is 4.82. The smallest absolute Gasteiger partial charge is 0.175 e. The van der Waals surface area contributed by atoms with Gasteiger partial charge in [0, 0.05) is 30.5 Å². The maximum absolute atomic E-state index is 11.9. The van der Waals surface area contributed by atoms with Gasteiger partial charge in [-0.2, -0.15) is 10.5 Å². The highest BCUT2D eigenvalue weighted by molar-refractivity contribution is 7.90. The minimum Gasteiger partial charge on any atom is -0.366 e. The number of allylic oxidation sites excluding steroid dienone is 1. The molecule has 0 bridgehead atoms. The Labute approximate surface area is 213 Å². The van der Waals surface area contributed by atoms with Crippen molar-refractivity contribution in [3.05, 3.63) is 71.4 Å². The van der Waals surface area contributed by atoms with Crippen LogP contribution < -0.4 is 5.32 Å². The summed E-state index contributed by atoms with van der Waals surface area (Å²) in [5.74, 6) is 0.239. The van der Waals surface area contributed by atoms with E-state index in [-0.39, 0.29) is 22.4 Å². The molecule has 1 saturated heterocycles. The molecule has 8 heteroatoms. The Morgan fingerprint density at radius 3 is 2.42 bits per heavy atom. The van der Waals surface area contributed by atoms with Crippen molar-refractivity contribution in [1.82, 2.24) is 10.2 Å². The van der Waals surface area contributed by atoms with Crippen LogP contribution in [0.3, 0.4) is 0 Å². The van der Waals surface area contributed by atoms with Crippen LogP contribution in [0, 0.1) is 34.0 Å². The fourth-order valence-corrected chi connectivity index (χ4v) is 5.45. The normalized spacial score (nSPS) is 19.4. The lowest BCUT2D eigenvalue weighted by atomic mass is 9.83. The number of sulfone groups is 1. The van der Waals surface area contributed by atoms with Gasteiger partial charge in [0.1, 0.15) is 6.17 Å². The van der Waals surface area contributed by atoms with Crippen LogP contribution >= 0.6 is 0 Å². The number of aliphatic imine (C=N–C) groups is 1. The highest BCUT2D eigenvalue weighted by atomic mass is 32.2. The summed E-state index contributed by atoms with van der Waals surface area (Å²) in [5, 5.41) is 22.2. The molecule has 0 spiro atoms. The molecular formula is C28H31N5O2S. The van der Waals surface area contributed by atoms with Gasteiger partial charge in [0.2, 0.25) is 0 Å². The molecule has 0 saturated carbocycles. The molecule has 186 valence electrons. The van der Waals surface area contributed by atoms with Gasteiger partial charge in [-0.3, -0.25) is 4.99 Å². The van der Waals surface area contributed by atoms with Crippen LogP contribution in [-0.2, 0) is 9.84 Å². The Morgan fingerprint density at radius 2 is 1.81 bits per heavy atom. The third-order valence-corrected chi connectivity index (χ3v) is 7.88. The Balaban J connectivity index is 1.62. The maximum Gasteiger partial charge on any atom is 0.175 e. The van der Waals surface area contributed by atoms with Crippen molar-refractivity contribution in [2.45, 2.75) is 37.8 Å². The molecule has 2 aliphatic heterocycles. The molecule has 7 nitrogen and oxygen atoms in total. The zero-order valence-corrected chi connectivity index (χ0v) is 21.7. The summed E-state index contributed by atoms with van der Waals surface area (Å²) in [6.07, 6.45) is 4.70. The summed E-state index contributed by atoms with van der Waals surface area (Å²) >= 11 is 0. The summed E-state index contributed by atoms with van der Waals surface area (Å²) in [4.78, 5) is 7.76. The monoisotopic (exact) mass is 501 g/mol. The van der Waals surface area contributed by atoms with Gasteiger partial charge in [-0.25, -0.2) is 8.42 Å². The second-order valence-electron chi connectivity index (χ2n) is 10.2. The van der Waals surface area contributed by atoms with Crippen LogP contribution in [0.15, 0.2) is 64.6 Å². The van der Waals surface area contributed by atoms with E-state index in [0.717, 1.165) is 54.9 Å². The van der Waals surface area contributed by atoms with Crippen LogP contribution in [0.4, 0.5) is 0 Å². The molecular weight excluding hydrogens is 470 g/mol. The zero-order chi connectivity index (χ0) is 25.9. The first kappa shape index (κ1) is 25.6. The molecule has 1 atom stereocenters. The molecule has 1 fully saturated rings. The first-order chi connectivity index (χ1) is 17.1. The van der Waals surface area contributed by atoms with Gasteiger partial charge in [-0.1, -0.05) is 24.3 Å². The lowest BCUT2D eigenvalue weighted by Gasteiger charge is -2.37. The zero-order valence-electron chi connectivity index (χ0n) is 20.9. The van der Waals surface area contributed by atoms with Crippen molar-refractivity contribution in [3.63, 3.8) is 0 Å². The Hall–Kier alpha value is -3.46. The quantitative estimate of drug-likeness (QED) is 0.632. The SMILES string of the molecule is CC(C)(C#N)CN1CCC(C2=NC(c3ccc(S(C)(=O)=O)cc3)NC=C2c2cccc(C#N)c2)CC1. The average molecular weight is 502 g/mol. The van der Waals surface area contributed by atoms with Crippen molar-refractivity contribution in [2.75, 3.05) is 25.9 Å². The van der Waals surface area contributed by atoms with Gasteiger partial charge in [-0.05, 0) is 75.2 Å². The van der Waals surface area contributed by atoms with Crippen LogP contribution in [0.1, 0.15) is 49.5 Å². The number of nitrogens with one attached hydrogen (secondary N) is 1. The molecule has 2 aromatic rings. The van der Waals surface area contributed by atoms with E-state index in [0.29, 0.717) is 5.56 Å². The van der Waals surface area contributed by atoms with Crippen LogP contribution in [-0.4, -0.2) is 44.9 Å². The summed E-state index contributed by atoms with van der Waals surface area (Å²) in [7, 11) is -3.27. The Kier molecular flexibility index (Phi) is 7.31. The highest BCUT2D eigenvalue weighted by Crippen LogP contribution is 2.33. The van der Waals surface area contributed by atoms with Gasteiger partial charge in [0.25, 0.3) is 0 Å². The van der Waals surface area contributed by atoms with Crippen molar-refractivity contribution >= 4 is 21.1 Å². The summed E-state index contributed by atoms with van der Waals surface area (Å²) in [6, 6.07) is 19.0. The van der Waals surface area contributed by atoms with E-state index in [1.54, 1.807) is 30.3 Å². The van der Waals surface area contributed by atoms with E-state index in [9.17, 15) is 18.9 Å². The van der Waals surface area contributed by atoms with Gasteiger partial charge in [0.15, 0.2) is 9.84 Å². The number of benzene rings is 2. The molecule has 0 aromatic heterocycles. The van der Waals surface area contributed by atoms with Gasteiger partial charge < -0.3 is 10.2 Å². The standard InChI is InChI=1S/C28H31N5O2S/c1-28(2,18-30)19-33-13-11-21(12-14-33)26-25(23-6-4-5-20(15-23)16-29)17-31-27(32-26)22-7-9-24(10-8-22)36(3,34)35/h4-10,15,17,21,27,31H,11-14,19H2,1-3H3. The number of nitrogens with zero attached hydrogens (tertiary/aromatic N) is 4. The molecule has 36 heavy (non-hydrogen) atoms. The number of piperidine rings is 1. The van der Waals surface area contributed by atoms with Crippen LogP contribution in [0.25, 0.3) is 5.57 Å². The van der Waals surface area contributed by atoms with Crippen molar-refractivity contribution in [3.8, 4) is 12.1 Å². The highest BCUT2D eigenvalue weighted by Gasteiger charge is 2.31. The van der Waals surface area contributed by atoms with E-state index in [4.69, 9.17) is 4.99 Å². The largest absolute Gasteiger partial charge is 0.366 e. The van der Waals surface area contributed by atoms with Crippen molar-refractivity contribution < 1.29 is 8.42 Å². The first-order valence-electron chi connectivity index (χ1n) is 12.1. The lowest BCUT2D eigenvalue weighted by Crippen LogP contribution is -2.41. The molecule has 0 amide bonds. The molecule has 0 radical (unpaired) electrons. The topological polar surface area (TPSA) is 109 Å². The summed E-state index contributed by atoms with van der Waals surface area (Å²) in [5.41, 5.74) is 4.02. The average Bonchev–Trinajstić information content (AvgIpc) is 2.88. The van der Waals surface area contributed by atoms with Gasteiger partial charge >= 0.3 is 0 Å². The number of hydrogen-bond acceptors (Lipinski definition) is 7. The number of rotatable bonds is 6. The third kappa shape index (κ3) is 5.84. The molecule has 2 aromatic carbocycles. The van der Waals surface area contributed by atoms with E-state index in [1.807, 2.05) is 38.2 Å². The number of hydrogen-bond donors (Lipinski definition) is 1. The van der Waals surface area contributed by atoms with Crippen molar-refractivity contribution in [1.29, 1.82) is 10.5 Å². The summed E-state index contributed by atoms with van der Waals surface area (Å²) < 4.78 is 23.7. The second-order valence-corrected chi connectivity index (χ2v) is 12.2. The lowest BCUT2D eigenvalue weighted by molar-refractivity contribution is 0.168. The third-order valence-electron chi connectivity index (χ3n) is 6.75. The molecule has 1 unspecified atom stereocenters. The maximum atomic E-state index is 11.9. The number of nitriles is 2. The van der Waals surface area contributed by atoms with E-state index >= 15 is 0 Å². The van der Waals surface area contributed by atoms with Crippen LogP contribution in [0.2, 0.25) is 0 Å². The molecule has 2 heterocycles. The van der Waals surface area contributed by atoms with E-state index in [2.05, 4.69) is 22.4 Å². The molecule has 0 aliphatic carbocycles. The van der Waals surface area contributed by atoms with E-state index in [1.165, 1.54) is 6.26 Å². The number of likely N-dealkylation sites (tertiary alicyclic amines) is 1. The van der Waals surface area contributed by atoms with Crippen molar-refractivity contribution in [2.24, 2.45) is 16.3 Å². The van der Waals surface area contributed by atoms with E-state index < -0.39 is 9.84 Å². The molecule has 4 rings (SSSR count). The van der Waals surface area contributed by atoms with Gasteiger partial charge in [0.05, 0.1) is 33.7 Å². The van der Waals surface area contributed by atoms with Gasteiger partial charge in [-0.15, -0.1) is 0 Å². The predicted octanol–water partition coefficient (Wildman–Crippen LogP) is 4.31.